The number of amides is 1. The second-order valence-electron chi connectivity index (χ2n) is 7.22. The molecule has 26 heavy (non-hydrogen) atoms. The van der Waals surface area contributed by atoms with Crippen molar-refractivity contribution in [1.29, 1.82) is 0 Å². The Bertz CT molecular complexity index is 921. The zero-order valence-electron chi connectivity index (χ0n) is 15.2. The average Bonchev–Trinajstić information content (AvgIpc) is 3.28. The highest BCUT2D eigenvalue weighted by atomic mass is 16.1. The third kappa shape index (κ3) is 3.21. The smallest absolute Gasteiger partial charge is 0.255 e. The van der Waals surface area contributed by atoms with Gasteiger partial charge in [-0.1, -0.05) is 19.3 Å². The summed E-state index contributed by atoms with van der Waals surface area (Å²) in [6.07, 6.45) is 13.2. The normalized spacial score (nSPS) is 16.7. The quantitative estimate of drug-likeness (QED) is 0.755. The average molecular weight is 352 g/mol. The number of hydrogen-bond donors (Lipinski definition) is 2. The van der Waals surface area contributed by atoms with Crippen LogP contribution in [0.3, 0.4) is 0 Å². The molecule has 7 nitrogen and oxygen atoms in total. The van der Waals surface area contributed by atoms with Crippen LogP contribution in [0.4, 0.5) is 0 Å². The first-order valence-electron chi connectivity index (χ1n) is 9.26. The first-order chi connectivity index (χ1) is 12.6. The maximum atomic E-state index is 12.8. The van der Waals surface area contributed by atoms with Gasteiger partial charge in [-0.2, -0.15) is 5.10 Å². The summed E-state index contributed by atoms with van der Waals surface area (Å²) in [6, 6.07) is 0.169. The molecule has 3 aromatic heterocycles. The van der Waals surface area contributed by atoms with Gasteiger partial charge in [0.25, 0.3) is 5.91 Å². The Hall–Kier alpha value is -2.70. The van der Waals surface area contributed by atoms with Crippen molar-refractivity contribution in [1.82, 2.24) is 30.0 Å². The van der Waals surface area contributed by atoms with E-state index in [1.165, 1.54) is 32.1 Å². The van der Waals surface area contributed by atoms with Gasteiger partial charge < -0.3 is 10.3 Å². The van der Waals surface area contributed by atoms with Crippen LogP contribution in [0, 0.1) is 5.92 Å². The van der Waals surface area contributed by atoms with E-state index < -0.39 is 0 Å². The van der Waals surface area contributed by atoms with Crippen LogP contribution in [0.5, 0.6) is 0 Å². The minimum atomic E-state index is -0.0908. The van der Waals surface area contributed by atoms with Crippen molar-refractivity contribution in [3.8, 4) is 11.3 Å². The van der Waals surface area contributed by atoms with Crippen LogP contribution in [-0.2, 0) is 7.05 Å². The van der Waals surface area contributed by atoms with Crippen LogP contribution in [0.2, 0.25) is 0 Å². The molecule has 4 rings (SSSR count). The summed E-state index contributed by atoms with van der Waals surface area (Å²) < 4.78 is 1.72. The maximum Gasteiger partial charge on any atom is 0.255 e. The van der Waals surface area contributed by atoms with Gasteiger partial charge in [-0.15, -0.1) is 0 Å². The van der Waals surface area contributed by atoms with Gasteiger partial charge in [0.05, 0.1) is 23.7 Å². The molecule has 0 aliphatic heterocycles. The lowest BCUT2D eigenvalue weighted by Gasteiger charge is -2.28. The molecule has 0 radical (unpaired) electrons. The molecule has 2 N–H and O–H groups in total. The van der Waals surface area contributed by atoms with Gasteiger partial charge in [0.1, 0.15) is 5.52 Å². The van der Waals surface area contributed by atoms with E-state index in [-0.39, 0.29) is 11.9 Å². The topological polar surface area (TPSA) is 88.5 Å². The minimum absolute atomic E-state index is 0.0908. The molecule has 1 fully saturated rings. The van der Waals surface area contributed by atoms with Crippen molar-refractivity contribution in [2.45, 2.75) is 45.1 Å². The summed E-state index contributed by atoms with van der Waals surface area (Å²) in [5.74, 6) is 0.474. The number of carbonyl (C=O) groups excluding carboxylic acids is 1. The highest BCUT2D eigenvalue weighted by molar-refractivity contribution is 6.04. The van der Waals surface area contributed by atoms with Gasteiger partial charge >= 0.3 is 0 Å². The van der Waals surface area contributed by atoms with Gasteiger partial charge in [0, 0.05) is 31.0 Å². The Morgan fingerprint density at radius 3 is 2.85 bits per heavy atom. The SMILES string of the molecule is C[C@H](NC(=O)c1c[nH]c2ncc(-c3cnn(C)c3)nc12)C1CCCCC1. The van der Waals surface area contributed by atoms with Crippen LogP contribution >= 0.6 is 0 Å². The van der Waals surface area contributed by atoms with E-state index >= 15 is 0 Å². The molecule has 1 atom stereocenters. The monoisotopic (exact) mass is 352 g/mol. The lowest BCUT2D eigenvalue weighted by molar-refractivity contribution is 0.0921. The summed E-state index contributed by atoms with van der Waals surface area (Å²) in [6.45, 7) is 2.11. The predicted octanol–water partition coefficient (Wildman–Crippen LogP) is 3.06. The maximum absolute atomic E-state index is 12.8. The minimum Gasteiger partial charge on any atom is -0.349 e. The molecule has 0 aromatic carbocycles. The number of H-pyrrole nitrogens is 1. The van der Waals surface area contributed by atoms with E-state index in [1.807, 2.05) is 13.2 Å². The summed E-state index contributed by atoms with van der Waals surface area (Å²) >= 11 is 0. The van der Waals surface area contributed by atoms with Crippen molar-refractivity contribution in [3.05, 3.63) is 30.4 Å². The van der Waals surface area contributed by atoms with Gasteiger partial charge in [0.15, 0.2) is 5.65 Å². The molecule has 0 saturated heterocycles. The molecule has 3 heterocycles. The van der Waals surface area contributed by atoms with Gasteiger partial charge in [-0.3, -0.25) is 9.48 Å². The van der Waals surface area contributed by atoms with E-state index in [0.717, 1.165) is 5.56 Å². The molecule has 1 saturated carbocycles. The largest absolute Gasteiger partial charge is 0.349 e. The lowest BCUT2D eigenvalue weighted by atomic mass is 9.84. The fraction of sp³-hybridized carbons (Fsp3) is 0.474. The van der Waals surface area contributed by atoms with Crippen molar-refractivity contribution in [3.63, 3.8) is 0 Å². The summed E-state index contributed by atoms with van der Waals surface area (Å²) in [5, 5.41) is 7.34. The third-order valence-corrected chi connectivity index (χ3v) is 5.34. The van der Waals surface area contributed by atoms with Gasteiger partial charge in [-0.25, -0.2) is 9.97 Å². The van der Waals surface area contributed by atoms with Crippen LogP contribution in [-0.4, -0.2) is 36.7 Å². The van der Waals surface area contributed by atoms with Gasteiger partial charge in [-0.05, 0) is 25.7 Å². The Kier molecular flexibility index (Phi) is 4.44. The molecule has 0 unspecified atom stereocenters. The number of aromatic amines is 1. The summed E-state index contributed by atoms with van der Waals surface area (Å²) in [7, 11) is 1.86. The van der Waals surface area contributed by atoms with Crippen molar-refractivity contribution in [2.75, 3.05) is 0 Å². The molecule has 0 spiro atoms. The highest BCUT2D eigenvalue weighted by Crippen LogP contribution is 2.27. The Balaban J connectivity index is 1.58. The number of carbonyl (C=O) groups is 1. The Morgan fingerprint density at radius 1 is 1.31 bits per heavy atom. The van der Waals surface area contributed by atoms with Crippen LogP contribution in [0.15, 0.2) is 24.8 Å². The third-order valence-electron chi connectivity index (χ3n) is 5.34. The molecule has 3 aromatic rings. The number of nitrogens with one attached hydrogen (secondary N) is 2. The van der Waals surface area contributed by atoms with Crippen LogP contribution in [0.25, 0.3) is 22.4 Å². The summed E-state index contributed by atoms with van der Waals surface area (Å²) in [5.41, 5.74) is 3.35. The second kappa shape index (κ2) is 6.90. The number of fused-ring (bicyclic) bond motifs is 1. The number of aryl methyl sites for hydroxylation is 1. The van der Waals surface area contributed by atoms with Crippen LogP contribution in [0.1, 0.15) is 49.4 Å². The van der Waals surface area contributed by atoms with E-state index in [1.54, 1.807) is 23.3 Å². The summed E-state index contributed by atoms with van der Waals surface area (Å²) in [4.78, 5) is 24.9. The fourth-order valence-corrected chi connectivity index (χ4v) is 3.79. The first kappa shape index (κ1) is 16.8. The molecule has 136 valence electrons. The molecule has 7 heteroatoms. The predicted molar refractivity (Wildman–Crippen MR) is 99.6 cm³/mol. The Morgan fingerprint density at radius 2 is 2.12 bits per heavy atom. The standard InChI is InChI=1S/C19H24N6O/c1-12(13-6-4-3-5-7-13)23-19(26)15-9-20-18-17(15)24-16(10-21-18)14-8-22-25(2)11-14/h8-13H,3-7H2,1-2H3,(H,20,21)(H,23,26)/t12-/m0/s1. The second-order valence-corrected chi connectivity index (χ2v) is 7.22. The number of hydrogen-bond acceptors (Lipinski definition) is 4. The van der Waals surface area contributed by atoms with Crippen molar-refractivity contribution >= 4 is 17.1 Å². The van der Waals surface area contributed by atoms with E-state index in [9.17, 15) is 4.79 Å². The van der Waals surface area contributed by atoms with Crippen LogP contribution < -0.4 is 5.32 Å². The fourth-order valence-electron chi connectivity index (χ4n) is 3.79. The number of nitrogens with zero attached hydrogens (tertiary/aromatic N) is 4. The van der Waals surface area contributed by atoms with E-state index in [0.29, 0.717) is 28.3 Å². The molecular weight excluding hydrogens is 328 g/mol. The molecule has 1 amide bonds. The molecule has 1 aliphatic carbocycles. The van der Waals surface area contributed by atoms with Gasteiger partial charge in [0.2, 0.25) is 0 Å². The zero-order chi connectivity index (χ0) is 18.1. The van der Waals surface area contributed by atoms with Crippen molar-refractivity contribution in [2.24, 2.45) is 13.0 Å². The molecule has 0 bridgehead atoms. The Labute approximate surface area is 152 Å². The number of rotatable bonds is 4. The van der Waals surface area contributed by atoms with E-state index in [4.69, 9.17) is 0 Å². The van der Waals surface area contributed by atoms with E-state index in [2.05, 4.69) is 32.3 Å². The number of aromatic nitrogens is 5. The molecule has 1 aliphatic rings. The molecular formula is C19H24N6O. The first-order valence-corrected chi connectivity index (χ1v) is 9.26. The zero-order valence-corrected chi connectivity index (χ0v) is 15.2. The van der Waals surface area contributed by atoms with Crippen molar-refractivity contribution < 1.29 is 4.79 Å². The lowest BCUT2D eigenvalue weighted by Crippen LogP contribution is -2.38. The highest BCUT2D eigenvalue weighted by Gasteiger charge is 2.23.